The SMILES string of the molecule is CO[C@@H]1O[C@H](COC(=O)c2ccc(C)c(OCc3ccccc3)c2)[C@@H](O)[C@H](O)[C@H]1O. The zero-order valence-corrected chi connectivity index (χ0v) is 16.8. The van der Waals surface area contributed by atoms with Crippen LogP contribution in [0.2, 0.25) is 0 Å². The number of hydrogen-bond acceptors (Lipinski definition) is 8. The van der Waals surface area contributed by atoms with Crippen LogP contribution in [0.1, 0.15) is 21.5 Å². The Morgan fingerprint density at radius 3 is 2.47 bits per heavy atom. The van der Waals surface area contributed by atoms with Gasteiger partial charge in [-0.05, 0) is 30.2 Å². The molecule has 0 amide bonds. The third-order valence-corrected chi connectivity index (χ3v) is 4.94. The van der Waals surface area contributed by atoms with Gasteiger partial charge in [-0.25, -0.2) is 4.79 Å². The van der Waals surface area contributed by atoms with E-state index in [1.54, 1.807) is 18.2 Å². The van der Waals surface area contributed by atoms with Crippen LogP contribution in [0, 0.1) is 6.92 Å². The van der Waals surface area contributed by atoms with Crippen LogP contribution in [-0.2, 0) is 20.8 Å². The van der Waals surface area contributed by atoms with E-state index in [0.717, 1.165) is 11.1 Å². The van der Waals surface area contributed by atoms with Crippen molar-refractivity contribution in [2.75, 3.05) is 13.7 Å². The maximum Gasteiger partial charge on any atom is 0.338 e. The van der Waals surface area contributed by atoms with Gasteiger partial charge in [-0.15, -0.1) is 0 Å². The molecule has 2 aromatic rings. The molecule has 0 radical (unpaired) electrons. The highest BCUT2D eigenvalue weighted by atomic mass is 16.7. The normalized spacial score (nSPS) is 26.2. The Morgan fingerprint density at radius 2 is 1.77 bits per heavy atom. The Morgan fingerprint density at radius 1 is 1.03 bits per heavy atom. The summed E-state index contributed by atoms with van der Waals surface area (Å²) in [6, 6.07) is 14.6. The van der Waals surface area contributed by atoms with E-state index in [1.165, 1.54) is 7.11 Å². The summed E-state index contributed by atoms with van der Waals surface area (Å²) in [6.45, 7) is 1.91. The zero-order valence-electron chi connectivity index (χ0n) is 16.8. The second kappa shape index (κ2) is 10.0. The minimum atomic E-state index is -1.48. The lowest BCUT2D eigenvalue weighted by Crippen LogP contribution is -2.59. The highest BCUT2D eigenvalue weighted by Gasteiger charge is 2.44. The van der Waals surface area contributed by atoms with Crippen LogP contribution < -0.4 is 4.74 Å². The summed E-state index contributed by atoms with van der Waals surface area (Å²) in [5.74, 6) is -0.0785. The number of aliphatic hydroxyl groups is 3. The molecule has 0 bridgehead atoms. The summed E-state index contributed by atoms with van der Waals surface area (Å²) in [4.78, 5) is 12.5. The Kier molecular flexibility index (Phi) is 7.41. The van der Waals surface area contributed by atoms with Crippen LogP contribution in [0.15, 0.2) is 48.5 Å². The van der Waals surface area contributed by atoms with E-state index in [2.05, 4.69) is 0 Å². The minimum absolute atomic E-state index is 0.276. The summed E-state index contributed by atoms with van der Waals surface area (Å²) in [6.07, 6.45) is -6.49. The first-order chi connectivity index (χ1) is 14.4. The number of benzene rings is 2. The third-order valence-electron chi connectivity index (χ3n) is 4.94. The van der Waals surface area contributed by atoms with Crippen LogP contribution in [0.25, 0.3) is 0 Å². The lowest BCUT2D eigenvalue weighted by atomic mass is 9.99. The fourth-order valence-corrected chi connectivity index (χ4v) is 3.11. The van der Waals surface area contributed by atoms with E-state index in [-0.39, 0.29) is 12.2 Å². The zero-order chi connectivity index (χ0) is 21.7. The van der Waals surface area contributed by atoms with E-state index in [4.69, 9.17) is 18.9 Å². The smallest absolute Gasteiger partial charge is 0.338 e. The summed E-state index contributed by atoms with van der Waals surface area (Å²) in [7, 11) is 1.30. The lowest BCUT2D eigenvalue weighted by molar-refractivity contribution is -0.294. The van der Waals surface area contributed by atoms with Crippen molar-refractivity contribution in [1.82, 2.24) is 0 Å². The maximum absolute atomic E-state index is 12.5. The van der Waals surface area contributed by atoms with Gasteiger partial charge in [0.1, 0.15) is 43.4 Å². The second-order valence-corrected chi connectivity index (χ2v) is 7.10. The molecule has 0 aliphatic carbocycles. The van der Waals surface area contributed by atoms with Gasteiger partial charge in [-0.2, -0.15) is 0 Å². The molecule has 8 nitrogen and oxygen atoms in total. The Bertz CT molecular complexity index is 838. The van der Waals surface area contributed by atoms with E-state index in [9.17, 15) is 20.1 Å². The average Bonchev–Trinajstić information content (AvgIpc) is 2.77. The van der Waals surface area contributed by atoms with Crippen molar-refractivity contribution < 1.29 is 39.1 Å². The second-order valence-electron chi connectivity index (χ2n) is 7.10. The van der Waals surface area contributed by atoms with E-state index < -0.39 is 36.7 Å². The van der Waals surface area contributed by atoms with Gasteiger partial charge in [-0.1, -0.05) is 36.4 Å². The van der Waals surface area contributed by atoms with Crippen LogP contribution >= 0.6 is 0 Å². The topological polar surface area (TPSA) is 115 Å². The highest BCUT2D eigenvalue weighted by molar-refractivity contribution is 5.90. The first-order valence-corrected chi connectivity index (χ1v) is 9.57. The number of aryl methyl sites for hydroxylation is 1. The fourth-order valence-electron chi connectivity index (χ4n) is 3.11. The molecule has 0 unspecified atom stereocenters. The highest BCUT2D eigenvalue weighted by Crippen LogP contribution is 2.24. The van der Waals surface area contributed by atoms with E-state index in [1.807, 2.05) is 37.3 Å². The molecule has 1 aliphatic rings. The Labute approximate surface area is 174 Å². The summed E-state index contributed by atoms with van der Waals surface area (Å²) in [5.41, 5.74) is 2.15. The van der Waals surface area contributed by atoms with E-state index in [0.29, 0.717) is 12.4 Å². The Hall–Kier alpha value is -2.49. The van der Waals surface area contributed by atoms with Gasteiger partial charge in [0.25, 0.3) is 0 Å². The molecule has 30 heavy (non-hydrogen) atoms. The Balaban J connectivity index is 1.61. The van der Waals surface area contributed by atoms with Crippen molar-refractivity contribution in [3.05, 3.63) is 65.2 Å². The van der Waals surface area contributed by atoms with Gasteiger partial charge in [0.2, 0.25) is 0 Å². The van der Waals surface area contributed by atoms with Crippen molar-refractivity contribution in [3.63, 3.8) is 0 Å². The molecule has 1 fully saturated rings. The van der Waals surface area contributed by atoms with Gasteiger partial charge >= 0.3 is 5.97 Å². The first kappa shape index (κ1) is 22.2. The third kappa shape index (κ3) is 5.16. The number of ether oxygens (including phenoxy) is 4. The van der Waals surface area contributed by atoms with Crippen LogP contribution in [0.3, 0.4) is 0 Å². The number of carbonyl (C=O) groups excluding carboxylic acids is 1. The summed E-state index contributed by atoms with van der Waals surface area (Å²) >= 11 is 0. The molecule has 1 aliphatic heterocycles. The van der Waals surface area contributed by atoms with Crippen molar-refractivity contribution in [1.29, 1.82) is 0 Å². The van der Waals surface area contributed by atoms with Gasteiger partial charge in [0.05, 0.1) is 5.56 Å². The molecule has 5 atom stereocenters. The number of aliphatic hydroxyl groups excluding tert-OH is 3. The van der Waals surface area contributed by atoms with Gasteiger partial charge < -0.3 is 34.3 Å². The predicted molar refractivity (Wildman–Crippen MR) is 106 cm³/mol. The largest absolute Gasteiger partial charge is 0.489 e. The van der Waals surface area contributed by atoms with Crippen LogP contribution in [-0.4, -0.2) is 65.7 Å². The molecule has 1 saturated heterocycles. The monoisotopic (exact) mass is 418 g/mol. The van der Waals surface area contributed by atoms with Crippen molar-refractivity contribution >= 4 is 5.97 Å². The molecule has 3 N–H and O–H groups in total. The molecule has 1 heterocycles. The number of esters is 1. The summed E-state index contributed by atoms with van der Waals surface area (Å²) < 4.78 is 21.4. The van der Waals surface area contributed by atoms with Crippen molar-refractivity contribution in [3.8, 4) is 5.75 Å². The number of rotatable bonds is 7. The molecule has 0 saturated carbocycles. The van der Waals surface area contributed by atoms with Crippen molar-refractivity contribution in [2.45, 2.75) is 44.2 Å². The average molecular weight is 418 g/mol. The predicted octanol–water partition coefficient (Wildman–Crippen LogP) is 1.18. The molecule has 0 aromatic heterocycles. The molecular formula is C22H26O8. The first-order valence-electron chi connectivity index (χ1n) is 9.57. The van der Waals surface area contributed by atoms with E-state index >= 15 is 0 Å². The lowest BCUT2D eigenvalue weighted by Gasteiger charge is -2.39. The standard InChI is InChI=1S/C22H26O8/c1-13-8-9-15(10-16(13)28-11-14-6-4-3-5-7-14)21(26)29-12-17-18(23)19(24)20(25)22(27-2)30-17/h3-10,17-20,22-25H,11-12H2,1-2H3/t17-,18-,19+,20-,22-/m1/s1. The number of methoxy groups -OCH3 is 1. The molecule has 3 rings (SSSR count). The fraction of sp³-hybridized carbons (Fsp3) is 0.409. The van der Waals surface area contributed by atoms with Gasteiger partial charge in [0, 0.05) is 7.11 Å². The molecular weight excluding hydrogens is 392 g/mol. The molecule has 8 heteroatoms. The molecule has 162 valence electrons. The van der Waals surface area contributed by atoms with Gasteiger partial charge in [0.15, 0.2) is 6.29 Å². The minimum Gasteiger partial charge on any atom is -0.489 e. The van der Waals surface area contributed by atoms with Gasteiger partial charge in [-0.3, -0.25) is 0 Å². The molecule has 2 aromatic carbocycles. The number of hydrogen-bond donors (Lipinski definition) is 3. The quantitative estimate of drug-likeness (QED) is 0.575. The van der Waals surface area contributed by atoms with Crippen molar-refractivity contribution in [2.24, 2.45) is 0 Å². The molecule has 0 spiro atoms. The maximum atomic E-state index is 12.5. The summed E-state index contributed by atoms with van der Waals surface area (Å²) in [5, 5.41) is 29.8. The van der Waals surface area contributed by atoms with Crippen LogP contribution in [0.5, 0.6) is 5.75 Å². The number of carbonyl (C=O) groups is 1. The van der Waals surface area contributed by atoms with Crippen LogP contribution in [0.4, 0.5) is 0 Å².